The molecule has 2 heterocycles. The van der Waals surface area contributed by atoms with Gasteiger partial charge in [0.05, 0.1) is 0 Å². The lowest BCUT2D eigenvalue weighted by Crippen LogP contribution is -2.40. The maximum Gasteiger partial charge on any atom is 0.259 e. The summed E-state index contributed by atoms with van der Waals surface area (Å²) in [6.07, 6.45) is 4.57. The van der Waals surface area contributed by atoms with Crippen molar-refractivity contribution >= 4 is 16.8 Å². The second-order valence-corrected chi connectivity index (χ2v) is 7.00. The van der Waals surface area contributed by atoms with Crippen LogP contribution in [-0.2, 0) is 6.42 Å². The molecule has 132 valence electrons. The van der Waals surface area contributed by atoms with E-state index in [1.54, 1.807) is 12.3 Å². The number of hydrogen-bond donors (Lipinski definition) is 1. The number of nitrogens with one attached hydrogen (secondary N) is 1. The van der Waals surface area contributed by atoms with Crippen molar-refractivity contribution in [2.75, 3.05) is 13.1 Å². The highest BCUT2D eigenvalue weighted by atomic mass is 16.2. The number of aromatic amines is 1. The second kappa shape index (κ2) is 7.16. The van der Waals surface area contributed by atoms with E-state index in [2.05, 4.69) is 29.2 Å². The quantitative estimate of drug-likeness (QED) is 0.787. The first-order valence-electron chi connectivity index (χ1n) is 9.16. The van der Waals surface area contributed by atoms with E-state index in [0.29, 0.717) is 24.4 Å². The van der Waals surface area contributed by atoms with E-state index in [4.69, 9.17) is 0 Å². The van der Waals surface area contributed by atoms with Crippen molar-refractivity contribution in [2.24, 2.45) is 5.92 Å². The molecule has 1 fully saturated rings. The van der Waals surface area contributed by atoms with Crippen LogP contribution in [0.3, 0.4) is 0 Å². The average molecular weight is 346 g/mol. The number of fused-ring (bicyclic) bond motifs is 1. The molecule has 0 bridgehead atoms. The van der Waals surface area contributed by atoms with Gasteiger partial charge in [-0.05, 0) is 42.9 Å². The molecule has 0 saturated carbocycles. The van der Waals surface area contributed by atoms with Gasteiger partial charge in [0.25, 0.3) is 5.91 Å². The van der Waals surface area contributed by atoms with Gasteiger partial charge < -0.3 is 9.88 Å². The molecule has 0 aliphatic carbocycles. The zero-order chi connectivity index (χ0) is 17.9. The van der Waals surface area contributed by atoms with Gasteiger partial charge in [-0.1, -0.05) is 42.5 Å². The molecular weight excluding hydrogens is 324 g/mol. The molecule has 1 saturated heterocycles. The third-order valence-electron chi connectivity index (χ3n) is 5.29. The summed E-state index contributed by atoms with van der Waals surface area (Å²) in [5, 5.41) is 0.567. The van der Waals surface area contributed by atoms with Crippen molar-refractivity contribution in [3.05, 3.63) is 82.1 Å². The molecule has 0 radical (unpaired) electrons. The molecule has 1 aliphatic rings. The predicted molar refractivity (Wildman–Crippen MR) is 103 cm³/mol. The second-order valence-electron chi connectivity index (χ2n) is 7.00. The van der Waals surface area contributed by atoms with E-state index in [9.17, 15) is 9.59 Å². The SMILES string of the molecule is O=C(c1c[nH]c2ccccc2c1=O)N1CCC(Cc2ccccc2)CC1. The number of carbonyl (C=O) groups is 1. The standard InChI is InChI=1S/C22H22N2O2/c25-21-18-8-4-5-9-20(18)23-15-19(21)22(26)24-12-10-17(11-13-24)14-16-6-2-1-3-7-16/h1-9,15,17H,10-14H2,(H,23,25). The maximum absolute atomic E-state index is 12.8. The normalized spacial score (nSPS) is 15.3. The highest BCUT2D eigenvalue weighted by molar-refractivity contribution is 5.97. The molecule has 1 N–H and O–H groups in total. The van der Waals surface area contributed by atoms with E-state index >= 15 is 0 Å². The summed E-state index contributed by atoms with van der Waals surface area (Å²) in [6, 6.07) is 17.8. The van der Waals surface area contributed by atoms with Crippen molar-refractivity contribution in [3.8, 4) is 0 Å². The Labute approximate surface area is 152 Å². The Morgan fingerprint density at radius 2 is 1.69 bits per heavy atom. The number of nitrogens with zero attached hydrogens (tertiary/aromatic N) is 1. The number of aromatic nitrogens is 1. The average Bonchev–Trinajstić information content (AvgIpc) is 2.69. The van der Waals surface area contributed by atoms with Crippen molar-refractivity contribution in [3.63, 3.8) is 0 Å². The Balaban J connectivity index is 1.45. The Bertz CT molecular complexity index is 970. The van der Waals surface area contributed by atoms with Crippen LogP contribution in [0.25, 0.3) is 10.9 Å². The van der Waals surface area contributed by atoms with Gasteiger partial charge in [0.15, 0.2) is 0 Å². The lowest BCUT2D eigenvalue weighted by atomic mass is 9.90. The molecule has 4 nitrogen and oxygen atoms in total. The van der Waals surface area contributed by atoms with Gasteiger partial charge in [0.2, 0.25) is 5.43 Å². The first-order valence-corrected chi connectivity index (χ1v) is 9.16. The summed E-state index contributed by atoms with van der Waals surface area (Å²) in [5.74, 6) is 0.437. The highest BCUT2D eigenvalue weighted by Gasteiger charge is 2.25. The molecule has 1 aromatic heterocycles. The summed E-state index contributed by atoms with van der Waals surface area (Å²) in [5.41, 5.74) is 2.17. The van der Waals surface area contributed by atoms with Crippen molar-refractivity contribution < 1.29 is 4.79 Å². The number of rotatable bonds is 3. The van der Waals surface area contributed by atoms with E-state index < -0.39 is 0 Å². The molecule has 0 unspecified atom stereocenters. The van der Waals surface area contributed by atoms with Crippen LogP contribution < -0.4 is 5.43 Å². The van der Waals surface area contributed by atoms with Gasteiger partial charge in [-0.25, -0.2) is 0 Å². The first-order chi connectivity index (χ1) is 12.7. The number of para-hydroxylation sites is 1. The molecule has 4 rings (SSSR count). The summed E-state index contributed by atoms with van der Waals surface area (Å²) in [4.78, 5) is 30.4. The number of H-pyrrole nitrogens is 1. The fourth-order valence-electron chi connectivity index (χ4n) is 3.78. The Morgan fingerprint density at radius 3 is 2.46 bits per heavy atom. The molecule has 0 spiro atoms. The lowest BCUT2D eigenvalue weighted by Gasteiger charge is -2.32. The molecule has 3 aromatic rings. The monoisotopic (exact) mass is 346 g/mol. The van der Waals surface area contributed by atoms with Gasteiger partial charge in [-0.3, -0.25) is 9.59 Å². The number of likely N-dealkylation sites (tertiary alicyclic amines) is 1. The molecular formula is C22H22N2O2. The lowest BCUT2D eigenvalue weighted by molar-refractivity contribution is 0.0689. The number of amides is 1. The minimum atomic E-state index is -0.184. The van der Waals surface area contributed by atoms with E-state index in [1.807, 2.05) is 29.2 Å². The largest absolute Gasteiger partial charge is 0.360 e. The maximum atomic E-state index is 12.8. The van der Waals surface area contributed by atoms with Gasteiger partial charge in [-0.15, -0.1) is 0 Å². The van der Waals surface area contributed by atoms with Crippen LogP contribution in [0.5, 0.6) is 0 Å². The predicted octanol–water partition coefficient (Wildman–Crippen LogP) is 3.62. The van der Waals surface area contributed by atoms with Crippen LogP contribution in [0.1, 0.15) is 28.8 Å². The smallest absolute Gasteiger partial charge is 0.259 e. The molecule has 26 heavy (non-hydrogen) atoms. The zero-order valence-electron chi connectivity index (χ0n) is 14.7. The van der Waals surface area contributed by atoms with Crippen LogP contribution in [0, 0.1) is 5.92 Å². The summed E-state index contributed by atoms with van der Waals surface area (Å²) >= 11 is 0. The Hall–Kier alpha value is -2.88. The first kappa shape index (κ1) is 16.6. The van der Waals surface area contributed by atoms with Crippen molar-refractivity contribution in [2.45, 2.75) is 19.3 Å². The molecule has 1 aliphatic heterocycles. The van der Waals surface area contributed by atoms with Gasteiger partial charge in [0.1, 0.15) is 5.56 Å². The minimum absolute atomic E-state index is 0.157. The Morgan fingerprint density at radius 1 is 1.00 bits per heavy atom. The zero-order valence-corrected chi connectivity index (χ0v) is 14.7. The number of piperidine rings is 1. The van der Waals surface area contributed by atoms with Crippen molar-refractivity contribution in [1.29, 1.82) is 0 Å². The highest BCUT2D eigenvalue weighted by Crippen LogP contribution is 2.22. The fraction of sp³-hybridized carbons (Fsp3) is 0.273. The number of benzene rings is 2. The molecule has 4 heteroatoms. The van der Waals surface area contributed by atoms with E-state index in [0.717, 1.165) is 24.8 Å². The van der Waals surface area contributed by atoms with Crippen LogP contribution in [0.15, 0.2) is 65.6 Å². The van der Waals surface area contributed by atoms with E-state index in [1.165, 1.54) is 5.56 Å². The topological polar surface area (TPSA) is 53.2 Å². The summed E-state index contributed by atoms with van der Waals surface area (Å²) < 4.78 is 0. The van der Waals surface area contributed by atoms with Crippen LogP contribution in [0.2, 0.25) is 0 Å². The summed E-state index contributed by atoms with van der Waals surface area (Å²) in [7, 11) is 0. The number of carbonyl (C=O) groups excluding carboxylic acids is 1. The number of pyridine rings is 1. The van der Waals surface area contributed by atoms with E-state index in [-0.39, 0.29) is 16.9 Å². The third kappa shape index (κ3) is 3.27. The van der Waals surface area contributed by atoms with Gasteiger partial charge >= 0.3 is 0 Å². The molecule has 2 aromatic carbocycles. The number of hydrogen-bond acceptors (Lipinski definition) is 2. The Kier molecular flexibility index (Phi) is 4.57. The van der Waals surface area contributed by atoms with Crippen LogP contribution in [0.4, 0.5) is 0 Å². The third-order valence-corrected chi connectivity index (χ3v) is 5.29. The molecule has 1 amide bonds. The van der Waals surface area contributed by atoms with Crippen LogP contribution >= 0.6 is 0 Å². The van der Waals surface area contributed by atoms with Crippen molar-refractivity contribution in [1.82, 2.24) is 9.88 Å². The fourth-order valence-corrected chi connectivity index (χ4v) is 3.78. The summed E-state index contributed by atoms with van der Waals surface area (Å²) in [6.45, 7) is 1.42. The molecule has 0 atom stereocenters. The van der Waals surface area contributed by atoms with Gasteiger partial charge in [0, 0.05) is 30.2 Å². The van der Waals surface area contributed by atoms with Gasteiger partial charge in [-0.2, -0.15) is 0 Å². The van der Waals surface area contributed by atoms with Crippen LogP contribution in [-0.4, -0.2) is 28.9 Å². The minimum Gasteiger partial charge on any atom is -0.360 e.